The van der Waals surface area contributed by atoms with Gasteiger partial charge >= 0.3 is 22.4 Å². The predicted molar refractivity (Wildman–Crippen MR) is 61.8 cm³/mol. The molecule has 0 aliphatic carbocycles. The Hall–Kier alpha value is -1.68. The maximum absolute atomic E-state index is 12.2. The average Bonchev–Trinajstić information content (AvgIpc) is 2.27. The molecule has 3 N–H and O–H groups in total. The molecule has 10 heteroatoms. The largest absolute Gasteiger partial charge is 0.490 e. The molecule has 0 amide bonds. The zero-order valence-corrected chi connectivity index (χ0v) is 10.7. The number of alkyl halides is 3. The lowest BCUT2D eigenvalue weighted by Gasteiger charge is -1.99. The fraction of sp³-hybridized carbons (Fsp3) is 0.300. The van der Waals surface area contributed by atoms with Gasteiger partial charge in [-0.3, -0.25) is 0 Å². The van der Waals surface area contributed by atoms with Crippen LogP contribution in [0.1, 0.15) is 11.1 Å². The lowest BCUT2D eigenvalue weighted by atomic mass is 10.1. The fourth-order valence-corrected chi connectivity index (χ4v) is 1.56. The summed E-state index contributed by atoms with van der Waals surface area (Å²) >= 11 is 0. The average molecular weight is 317 g/mol. The normalized spacial score (nSPS) is 11.4. The molecule has 0 aliphatic rings. The molecule has 0 unspecified atom stereocenters. The molecule has 1 aromatic carbocycles. The van der Waals surface area contributed by atoms with Crippen LogP contribution < -0.4 is 5.73 Å². The monoisotopic (exact) mass is 317 g/mol. The lowest BCUT2D eigenvalue weighted by molar-refractivity contribution is -0.192. The number of carboxylic acids is 1. The summed E-state index contributed by atoms with van der Waals surface area (Å²) in [5.41, 5.74) is 6.65. The SMILES string of the molecule is NCc1ccc(CS(=O)(=O)F)cc1.O=C(O)C(F)(F)F. The summed E-state index contributed by atoms with van der Waals surface area (Å²) < 4.78 is 64.5. The van der Waals surface area contributed by atoms with Gasteiger partial charge < -0.3 is 10.8 Å². The maximum atomic E-state index is 12.2. The molecule has 0 aromatic heterocycles. The van der Waals surface area contributed by atoms with Crippen LogP contribution in [0.3, 0.4) is 0 Å². The zero-order valence-electron chi connectivity index (χ0n) is 9.89. The van der Waals surface area contributed by atoms with Gasteiger partial charge in [-0.2, -0.15) is 21.6 Å². The van der Waals surface area contributed by atoms with E-state index in [4.69, 9.17) is 15.6 Å². The van der Waals surface area contributed by atoms with Gasteiger partial charge in [0.25, 0.3) is 0 Å². The molecule has 20 heavy (non-hydrogen) atoms. The minimum absolute atomic E-state index is 0.392. The van der Waals surface area contributed by atoms with E-state index in [1.165, 1.54) is 0 Å². The van der Waals surface area contributed by atoms with Crippen molar-refractivity contribution in [3.8, 4) is 0 Å². The molecule has 1 rings (SSSR count). The minimum Gasteiger partial charge on any atom is -0.475 e. The number of hydrogen-bond donors (Lipinski definition) is 2. The molecule has 0 atom stereocenters. The van der Waals surface area contributed by atoms with Crippen LogP contribution in [0.4, 0.5) is 17.1 Å². The highest BCUT2D eigenvalue weighted by atomic mass is 32.3. The molecular formula is C10H11F4NO4S. The lowest BCUT2D eigenvalue weighted by Crippen LogP contribution is -2.21. The van der Waals surface area contributed by atoms with Gasteiger partial charge in [-0.25, -0.2) is 4.79 Å². The van der Waals surface area contributed by atoms with Crippen LogP contribution in [0.15, 0.2) is 24.3 Å². The van der Waals surface area contributed by atoms with Crippen molar-refractivity contribution in [3.63, 3.8) is 0 Å². The van der Waals surface area contributed by atoms with Crippen molar-refractivity contribution in [3.05, 3.63) is 35.4 Å². The Labute approximate surface area is 112 Å². The second-order valence-electron chi connectivity index (χ2n) is 3.51. The third kappa shape index (κ3) is 8.43. The van der Waals surface area contributed by atoms with Crippen molar-refractivity contribution in [2.24, 2.45) is 5.73 Å². The summed E-state index contributed by atoms with van der Waals surface area (Å²) in [5.74, 6) is -3.33. The van der Waals surface area contributed by atoms with E-state index in [2.05, 4.69) is 0 Å². The van der Waals surface area contributed by atoms with Crippen molar-refractivity contribution in [2.45, 2.75) is 18.5 Å². The van der Waals surface area contributed by atoms with E-state index in [1.54, 1.807) is 24.3 Å². The van der Waals surface area contributed by atoms with Gasteiger partial charge in [-0.15, -0.1) is 3.89 Å². The van der Waals surface area contributed by atoms with Crippen LogP contribution in [-0.2, 0) is 27.3 Å². The van der Waals surface area contributed by atoms with Gasteiger partial charge in [-0.1, -0.05) is 24.3 Å². The van der Waals surface area contributed by atoms with Gasteiger partial charge in [0.15, 0.2) is 0 Å². The quantitative estimate of drug-likeness (QED) is 0.651. The Morgan fingerprint density at radius 3 is 1.75 bits per heavy atom. The van der Waals surface area contributed by atoms with Crippen LogP contribution in [-0.4, -0.2) is 25.7 Å². The third-order valence-electron chi connectivity index (χ3n) is 1.84. The van der Waals surface area contributed by atoms with Crippen molar-refractivity contribution in [1.29, 1.82) is 0 Å². The first-order valence-corrected chi connectivity index (χ1v) is 6.51. The Bertz CT molecular complexity index is 539. The van der Waals surface area contributed by atoms with Gasteiger partial charge in [0.2, 0.25) is 0 Å². The van der Waals surface area contributed by atoms with E-state index in [9.17, 15) is 25.5 Å². The van der Waals surface area contributed by atoms with Crippen molar-refractivity contribution in [2.75, 3.05) is 0 Å². The summed E-state index contributed by atoms with van der Waals surface area (Å²) in [5, 5.41) is 7.12. The number of aliphatic carboxylic acids is 1. The maximum Gasteiger partial charge on any atom is 0.490 e. The number of nitrogens with two attached hydrogens (primary N) is 1. The van der Waals surface area contributed by atoms with E-state index >= 15 is 0 Å². The summed E-state index contributed by atoms with van der Waals surface area (Å²) in [7, 11) is -4.43. The molecule has 0 aliphatic heterocycles. The standard InChI is InChI=1S/C8H10FNO2S.C2HF3O2/c9-13(11,12)6-8-3-1-7(5-10)2-4-8;3-2(4,5)1(6)7/h1-4H,5-6,10H2;(H,6,7). The van der Waals surface area contributed by atoms with Gasteiger partial charge in [-0.05, 0) is 11.1 Å². The third-order valence-corrected chi connectivity index (χ3v) is 2.52. The summed E-state index contributed by atoms with van der Waals surface area (Å²) in [6.07, 6.45) is -5.08. The number of carboxylic acid groups (broad SMARTS) is 1. The van der Waals surface area contributed by atoms with Crippen LogP contribution in [0.25, 0.3) is 0 Å². The molecule has 0 saturated heterocycles. The summed E-state index contributed by atoms with van der Waals surface area (Å²) in [6, 6.07) is 6.47. The molecule has 0 radical (unpaired) electrons. The Morgan fingerprint density at radius 1 is 1.15 bits per heavy atom. The van der Waals surface area contributed by atoms with E-state index in [0.717, 1.165) is 5.56 Å². The number of halogens is 4. The second kappa shape index (κ2) is 7.20. The Kier molecular flexibility index (Phi) is 6.59. The molecular weight excluding hydrogens is 306 g/mol. The van der Waals surface area contributed by atoms with E-state index in [1.807, 2.05) is 0 Å². The number of carbonyl (C=O) groups is 1. The van der Waals surface area contributed by atoms with E-state index < -0.39 is 28.1 Å². The smallest absolute Gasteiger partial charge is 0.475 e. The topological polar surface area (TPSA) is 97.5 Å². The number of rotatable bonds is 3. The molecule has 0 heterocycles. The van der Waals surface area contributed by atoms with Gasteiger partial charge in [0.1, 0.15) is 5.75 Å². The molecule has 1 aromatic rings. The summed E-state index contributed by atoms with van der Waals surface area (Å²) in [6.45, 7) is 0.392. The minimum atomic E-state index is -5.08. The molecule has 0 spiro atoms. The first kappa shape index (κ1) is 18.3. The van der Waals surface area contributed by atoms with Gasteiger partial charge in [0, 0.05) is 6.54 Å². The highest BCUT2D eigenvalue weighted by Crippen LogP contribution is 2.13. The molecule has 114 valence electrons. The van der Waals surface area contributed by atoms with Crippen molar-refractivity contribution in [1.82, 2.24) is 0 Å². The summed E-state index contributed by atoms with van der Waals surface area (Å²) in [4.78, 5) is 8.90. The zero-order chi connectivity index (χ0) is 16.0. The number of hydrogen-bond acceptors (Lipinski definition) is 4. The number of benzene rings is 1. The van der Waals surface area contributed by atoms with E-state index in [0.29, 0.717) is 12.1 Å². The van der Waals surface area contributed by atoms with E-state index in [-0.39, 0.29) is 0 Å². The van der Waals surface area contributed by atoms with Crippen LogP contribution in [0.5, 0.6) is 0 Å². The predicted octanol–water partition coefficient (Wildman–Crippen LogP) is 1.58. The van der Waals surface area contributed by atoms with Crippen molar-refractivity contribution < 1.29 is 35.4 Å². The van der Waals surface area contributed by atoms with Crippen LogP contribution in [0.2, 0.25) is 0 Å². The fourth-order valence-electron chi connectivity index (χ4n) is 0.971. The van der Waals surface area contributed by atoms with Crippen molar-refractivity contribution >= 4 is 16.2 Å². The molecule has 0 fully saturated rings. The molecule has 0 saturated carbocycles. The molecule has 5 nitrogen and oxygen atoms in total. The first-order valence-electron chi connectivity index (χ1n) is 4.96. The molecule has 0 bridgehead atoms. The Balaban J connectivity index is 0.000000441. The highest BCUT2D eigenvalue weighted by molar-refractivity contribution is 7.85. The first-order chi connectivity index (χ1) is 8.95. The van der Waals surface area contributed by atoms with Gasteiger partial charge in [0.05, 0.1) is 0 Å². The highest BCUT2D eigenvalue weighted by Gasteiger charge is 2.38. The van der Waals surface area contributed by atoms with Crippen LogP contribution in [0, 0.1) is 0 Å². The second-order valence-corrected chi connectivity index (χ2v) is 4.87. The Morgan fingerprint density at radius 2 is 1.50 bits per heavy atom. The van der Waals surface area contributed by atoms with Crippen LogP contribution >= 0.6 is 0 Å².